The van der Waals surface area contributed by atoms with Crippen LogP contribution in [0.1, 0.15) is 68.5 Å². The van der Waals surface area contributed by atoms with Crippen LogP contribution in [-0.2, 0) is 0 Å². The van der Waals surface area contributed by atoms with Crippen molar-refractivity contribution >= 4 is 0 Å². The van der Waals surface area contributed by atoms with E-state index in [1.807, 2.05) is 0 Å². The summed E-state index contributed by atoms with van der Waals surface area (Å²) in [5.41, 5.74) is -6.79. The average molecular weight is 803 g/mol. The summed E-state index contributed by atoms with van der Waals surface area (Å²) < 4.78 is 222. The van der Waals surface area contributed by atoms with Gasteiger partial charge in [0, 0.05) is 63.8 Å². The molecule has 4 N–H and O–H groups in total. The smallest absolute Gasteiger partial charge is 0.200 e. The zero-order valence-corrected chi connectivity index (χ0v) is 27.2. The number of aromatic nitrogens is 4. The molecule has 3 atom stereocenters. The summed E-state index contributed by atoms with van der Waals surface area (Å²) in [6, 6.07) is 7.33. The number of nitrogens with one attached hydrogen (secondary N) is 4. The van der Waals surface area contributed by atoms with Gasteiger partial charge in [0.2, 0.25) is 17.5 Å². The van der Waals surface area contributed by atoms with Gasteiger partial charge in [-0.25, -0.2) is 65.9 Å². The lowest BCUT2D eigenvalue weighted by atomic mass is 9.89. The Morgan fingerprint density at radius 3 is 0.964 bits per heavy atom. The molecule has 0 spiro atoms. The van der Waals surface area contributed by atoms with Crippen molar-refractivity contribution < 1.29 is 65.9 Å². The Morgan fingerprint density at radius 1 is 0.321 bits per heavy atom. The largest absolute Gasteiger partial charge is 0.367 e. The number of rotatable bonds is 9. The van der Waals surface area contributed by atoms with Gasteiger partial charge in [-0.05, 0) is 48.0 Å². The van der Waals surface area contributed by atoms with Gasteiger partial charge in [0.25, 0.3) is 0 Å². The van der Waals surface area contributed by atoms with Gasteiger partial charge in [0.05, 0.1) is 17.8 Å². The Balaban J connectivity index is 1.46. The molecule has 0 radical (unpaired) electrons. The van der Waals surface area contributed by atoms with Gasteiger partial charge in [-0.15, -0.1) is 0 Å². The fourth-order valence-electron chi connectivity index (χ4n) is 6.66. The second kappa shape index (κ2) is 14.1. The number of hydrogen-bond acceptors (Lipinski definition) is 0. The first-order valence-electron chi connectivity index (χ1n) is 15.7. The number of H-pyrrole nitrogens is 4. The van der Waals surface area contributed by atoms with E-state index in [1.54, 1.807) is 0 Å². The number of halogens is 15. The monoisotopic (exact) mass is 802 g/mol. The van der Waals surface area contributed by atoms with Crippen LogP contribution >= 0.6 is 0 Å². The number of aromatic amines is 4. The highest BCUT2D eigenvalue weighted by molar-refractivity contribution is 5.48. The molecule has 290 valence electrons. The number of hydrogen-bond donors (Lipinski definition) is 4. The van der Waals surface area contributed by atoms with Crippen molar-refractivity contribution in [3.63, 3.8) is 0 Å². The first kappa shape index (κ1) is 38.0. The molecule has 0 aliphatic carbocycles. The van der Waals surface area contributed by atoms with E-state index < -0.39 is 144 Å². The Morgan fingerprint density at radius 2 is 0.643 bits per heavy atom. The second-order valence-corrected chi connectivity index (χ2v) is 12.3. The number of benzene rings is 3. The minimum atomic E-state index is -2.57. The summed E-state index contributed by atoms with van der Waals surface area (Å²) in [6.07, 6.45) is 3.52. The molecule has 4 aromatic heterocycles. The first-order valence-corrected chi connectivity index (χ1v) is 15.7. The van der Waals surface area contributed by atoms with Crippen LogP contribution in [0.3, 0.4) is 0 Å². The minimum Gasteiger partial charge on any atom is -0.367 e. The topological polar surface area (TPSA) is 63.2 Å². The molecule has 0 aliphatic heterocycles. The van der Waals surface area contributed by atoms with E-state index in [2.05, 4.69) is 19.9 Å². The summed E-state index contributed by atoms with van der Waals surface area (Å²) in [5, 5.41) is 0. The Hall–Kier alpha value is -6.27. The van der Waals surface area contributed by atoms with Crippen molar-refractivity contribution in [1.82, 2.24) is 19.9 Å². The van der Waals surface area contributed by atoms with Crippen molar-refractivity contribution in [2.45, 2.75) is 17.8 Å². The van der Waals surface area contributed by atoms with E-state index >= 15 is 26.3 Å². The van der Waals surface area contributed by atoms with Crippen LogP contribution in [0.5, 0.6) is 0 Å². The maximum absolute atomic E-state index is 15.6. The van der Waals surface area contributed by atoms with E-state index in [1.165, 1.54) is 30.6 Å². The Kier molecular flexibility index (Phi) is 9.57. The Bertz CT molecular complexity index is 2390. The van der Waals surface area contributed by atoms with Gasteiger partial charge in [-0.3, -0.25) is 0 Å². The third kappa shape index (κ3) is 5.83. The highest BCUT2D eigenvalue weighted by Crippen LogP contribution is 2.43. The summed E-state index contributed by atoms with van der Waals surface area (Å²) in [4.78, 5) is 10.1. The summed E-state index contributed by atoms with van der Waals surface area (Å²) in [7, 11) is 0. The summed E-state index contributed by atoms with van der Waals surface area (Å²) in [6.45, 7) is 0. The molecule has 0 bridgehead atoms. The molecule has 0 aliphatic rings. The Labute approximate surface area is 302 Å². The average Bonchev–Trinajstić information content (AvgIpc) is 4.04. The van der Waals surface area contributed by atoms with Crippen molar-refractivity contribution in [3.05, 3.63) is 199 Å². The third-order valence-electron chi connectivity index (χ3n) is 9.19. The van der Waals surface area contributed by atoms with Gasteiger partial charge in [0.15, 0.2) is 69.8 Å². The van der Waals surface area contributed by atoms with E-state index in [-0.39, 0.29) is 11.3 Å². The maximum atomic E-state index is 15.6. The lowest BCUT2D eigenvalue weighted by molar-refractivity contribution is 0.368. The van der Waals surface area contributed by atoms with Crippen LogP contribution in [-0.4, -0.2) is 19.9 Å². The normalized spacial score (nSPS) is 13.4. The molecule has 0 amide bonds. The van der Waals surface area contributed by atoms with Gasteiger partial charge in [0.1, 0.15) is 0 Å². The molecular formula is C37H17F15N4. The first-order chi connectivity index (χ1) is 26.6. The molecular weight excluding hydrogens is 785 g/mol. The molecule has 3 aromatic carbocycles. The molecule has 7 aromatic rings. The van der Waals surface area contributed by atoms with Gasteiger partial charge in [-0.1, -0.05) is 0 Å². The zero-order chi connectivity index (χ0) is 40.5. The van der Waals surface area contributed by atoms with E-state index in [4.69, 9.17) is 0 Å². The van der Waals surface area contributed by atoms with Crippen LogP contribution in [0, 0.1) is 87.3 Å². The molecule has 0 saturated carbocycles. The molecule has 56 heavy (non-hydrogen) atoms. The molecule has 0 fully saturated rings. The molecule has 4 nitrogen and oxygen atoms in total. The highest BCUT2D eigenvalue weighted by Gasteiger charge is 2.38. The van der Waals surface area contributed by atoms with Gasteiger partial charge >= 0.3 is 0 Å². The van der Waals surface area contributed by atoms with E-state index in [9.17, 15) is 39.5 Å². The van der Waals surface area contributed by atoms with E-state index in [0.29, 0.717) is 0 Å². The van der Waals surface area contributed by atoms with Crippen LogP contribution < -0.4 is 0 Å². The lowest BCUT2D eigenvalue weighted by Crippen LogP contribution is -2.17. The van der Waals surface area contributed by atoms with Crippen LogP contribution in [0.15, 0.2) is 61.1 Å². The van der Waals surface area contributed by atoms with Crippen LogP contribution in [0.2, 0.25) is 0 Å². The van der Waals surface area contributed by atoms with Crippen molar-refractivity contribution in [3.8, 4) is 0 Å². The summed E-state index contributed by atoms with van der Waals surface area (Å²) in [5.74, 6) is -41.7. The fourth-order valence-corrected chi connectivity index (χ4v) is 6.66. The van der Waals surface area contributed by atoms with E-state index in [0.717, 1.165) is 30.5 Å². The van der Waals surface area contributed by atoms with Gasteiger partial charge in [-0.2, -0.15) is 0 Å². The predicted octanol–water partition coefficient (Wildman–Crippen LogP) is 10.6. The third-order valence-corrected chi connectivity index (χ3v) is 9.19. The van der Waals surface area contributed by atoms with Crippen molar-refractivity contribution in [2.75, 3.05) is 0 Å². The molecule has 19 heteroatoms. The van der Waals surface area contributed by atoms with Crippen molar-refractivity contribution in [1.29, 1.82) is 0 Å². The predicted molar refractivity (Wildman–Crippen MR) is 165 cm³/mol. The van der Waals surface area contributed by atoms with Gasteiger partial charge < -0.3 is 19.9 Å². The highest BCUT2D eigenvalue weighted by atomic mass is 19.2. The molecule has 7 rings (SSSR count). The molecule has 3 unspecified atom stereocenters. The standard InChI is InChI=1S/C37H17F15N4/c38-23-20(24(39)30(45)35(50)29(23)44)17(11-7-9-53-10-11)13-3-4-15(55-13)19(22-27(42)33(48)37(52)34(49)28(22)43)16-6-5-14(56-16)18(12-2-1-8-54-12)21-25(40)31(46)36(51)32(47)26(21)41/h1-10,17-19,53-56H. The lowest BCUT2D eigenvalue weighted by Gasteiger charge is -2.21. The van der Waals surface area contributed by atoms with Crippen LogP contribution in [0.25, 0.3) is 0 Å². The zero-order valence-electron chi connectivity index (χ0n) is 27.2. The van der Waals surface area contributed by atoms with Crippen molar-refractivity contribution in [2.24, 2.45) is 0 Å². The minimum absolute atomic E-state index is 0.145. The maximum Gasteiger partial charge on any atom is 0.200 e. The molecule has 0 saturated heterocycles. The quantitative estimate of drug-likeness (QED) is 0.0638. The second-order valence-electron chi connectivity index (χ2n) is 12.3. The molecule has 4 heterocycles. The SMILES string of the molecule is Fc1c(F)c(F)c(C(c2cc[nH]c2)c2ccc(C(c3ccc(C(c4ccc[nH]4)c4c(F)c(F)c(F)c(F)c4F)[nH]3)c3c(F)c(F)c(F)c(F)c3F)[nH]2)c(F)c1F. The van der Waals surface area contributed by atoms with Crippen LogP contribution in [0.4, 0.5) is 65.9 Å². The summed E-state index contributed by atoms with van der Waals surface area (Å²) >= 11 is 0. The fraction of sp³-hybridized carbons (Fsp3) is 0.0811.